The van der Waals surface area contributed by atoms with Crippen LogP contribution in [0.5, 0.6) is 0 Å². The number of rotatable bonds is 4. The highest BCUT2D eigenvalue weighted by Gasteiger charge is 2.05. The van der Waals surface area contributed by atoms with Crippen LogP contribution in [0.15, 0.2) is 42.5 Å². The van der Waals surface area contributed by atoms with Crippen molar-refractivity contribution >= 4 is 17.3 Å². The number of non-ortho nitro benzene ring substituents is 1. The molecule has 0 spiro atoms. The monoisotopic (exact) mass is 244 g/mol. The highest BCUT2D eigenvalue weighted by Crippen LogP contribution is 2.14. The molecule has 0 aliphatic carbocycles. The van der Waals surface area contributed by atoms with E-state index in [0.29, 0.717) is 18.2 Å². The lowest BCUT2D eigenvalue weighted by Crippen LogP contribution is -2.03. The van der Waals surface area contributed by atoms with Crippen molar-refractivity contribution in [2.45, 2.75) is 6.54 Å². The van der Waals surface area contributed by atoms with Crippen molar-refractivity contribution in [2.24, 2.45) is 0 Å². The van der Waals surface area contributed by atoms with Crippen molar-refractivity contribution in [1.82, 2.24) is 4.98 Å². The number of pyridine rings is 1. The lowest BCUT2D eigenvalue weighted by Gasteiger charge is -2.05. The molecule has 0 saturated carbocycles. The van der Waals surface area contributed by atoms with Gasteiger partial charge in [0.05, 0.1) is 4.92 Å². The van der Waals surface area contributed by atoms with Crippen LogP contribution in [-0.2, 0) is 6.54 Å². The molecule has 1 aromatic carbocycles. The van der Waals surface area contributed by atoms with Gasteiger partial charge in [-0.25, -0.2) is 4.98 Å². The lowest BCUT2D eigenvalue weighted by molar-refractivity contribution is -0.384. The summed E-state index contributed by atoms with van der Waals surface area (Å²) in [5.74, 6) is 1.07. The van der Waals surface area contributed by atoms with Gasteiger partial charge in [-0.15, -0.1) is 0 Å². The Kier molecular flexibility index (Phi) is 3.38. The summed E-state index contributed by atoms with van der Waals surface area (Å²) in [6.45, 7) is 0.456. The average Bonchev–Trinajstić information content (AvgIpc) is 2.37. The first-order valence-corrected chi connectivity index (χ1v) is 5.35. The predicted molar refractivity (Wildman–Crippen MR) is 69.1 cm³/mol. The Labute approximate surface area is 104 Å². The Morgan fingerprint density at radius 2 is 2.06 bits per heavy atom. The van der Waals surface area contributed by atoms with Crippen molar-refractivity contribution in [3.05, 3.63) is 58.1 Å². The van der Waals surface area contributed by atoms with E-state index in [1.807, 2.05) is 6.07 Å². The summed E-state index contributed by atoms with van der Waals surface area (Å²) in [7, 11) is 0. The average molecular weight is 244 g/mol. The molecule has 0 radical (unpaired) electrons. The fourth-order valence-electron chi connectivity index (χ4n) is 1.52. The molecule has 0 atom stereocenters. The SMILES string of the molecule is Nc1cccc(NCc2cccc([N+](=O)[O-])c2)n1. The first kappa shape index (κ1) is 11.8. The highest BCUT2D eigenvalue weighted by atomic mass is 16.6. The Morgan fingerprint density at radius 1 is 1.28 bits per heavy atom. The number of nitrogen functional groups attached to an aromatic ring is 1. The largest absolute Gasteiger partial charge is 0.384 e. The number of nitrogens with two attached hydrogens (primary N) is 1. The van der Waals surface area contributed by atoms with Crippen LogP contribution in [-0.4, -0.2) is 9.91 Å². The maximum atomic E-state index is 10.6. The summed E-state index contributed by atoms with van der Waals surface area (Å²) in [5.41, 5.74) is 6.44. The molecule has 0 amide bonds. The lowest BCUT2D eigenvalue weighted by atomic mass is 10.2. The number of anilines is 2. The van der Waals surface area contributed by atoms with Gasteiger partial charge in [-0.3, -0.25) is 10.1 Å². The molecule has 0 aliphatic rings. The minimum atomic E-state index is -0.414. The standard InChI is InChI=1S/C12H12N4O2/c13-11-5-2-6-12(15-11)14-8-9-3-1-4-10(7-9)16(17)18/h1-7H,8H2,(H3,13,14,15). The van der Waals surface area contributed by atoms with Crippen LogP contribution in [0.2, 0.25) is 0 Å². The van der Waals surface area contributed by atoms with Gasteiger partial charge in [0, 0.05) is 18.7 Å². The minimum Gasteiger partial charge on any atom is -0.384 e. The van der Waals surface area contributed by atoms with Gasteiger partial charge >= 0.3 is 0 Å². The van der Waals surface area contributed by atoms with E-state index in [-0.39, 0.29) is 5.69 Å². The van der Waals surface area contributed by atoms with Gasteiger partial charge in [-0.05, 0) is 17.7 Å². The van der Waals surface area contributed by atoms with Crippen molar-refractivity contribution in [3.8, 4) is 0 Å². The van der Waals surface area contributed by atoms with E-state index >= 15 is 0 Å². The second kappa shape index (κ2) is 5.13. The molecule has 0 saturated heterocycles. The predicted octanol–water partition coefficient (Wildman–Crippen LogP) is 2.18. The molecule has 6 nitrogen and oxygen atoms in total. The van der Waals surface area contributed by atoms with Crippen LogP contribution in [0, 0.1) is 10.1 Å². The zero-order valence-corrected chi connectivity index (χ0v) is 9.54. The molecule has 2 aromatic rings. The molecule has 0 bridgehead atoms. The van der Waals surface area contributed by atoms with Crippen LogP contribution >= 0.6 is 0 Å². The molecule has 1 heterocycles. The van der Waals surface area contributed by atoms with Crippen LogP contribution in [0.25, 0.3) is 0 Å². The summed E-state index contributed by atoms with van der Waals surface area (Å²) in [6, 6.07) is 11.7. The third-order valence-electron chi connectivity index (χ3n) is 2.37. The van der Waals surface area contributed by atoms with Crippen LogP contribution in [0.3, 0.4) is 0 Å². The summed E-state index contributed by atoms with van der Waals surface area (Å²) in [5, 5.41) is 13.7. The number of hydrogen-bond acceptors (Lipinski definition) is 5. The van der Waals surface area contributed by atoms with Crippen LogP contribution < -0.4 is 11.1 Å². The fourth-order valence-corrected chi connectivity index (χ4v) is 1.52. The highest BCUT2D eigenvalue weighted by molar-refractivity contribution is 5.43. The Bertz CT molecular complexity index is 572. The zero-order chi connectivity index (χ0) is 13.0. The van der Waals surface area contributed by atoms with E-state index in [1.165, 1.54) is 12.1 Å². The molecular weight excluding hydrogens is 232 g/mol. The number of nitro benzene ring substituents is 1. The van der Waals surface area contributed by atoms with Crippen molar-refractivity contribution in [1.29, 1.82) is 0 Å². The van der Waals surface area contributed by atoms with Gasteiger partial charge in [0.2, 0.25) is 0 Å². The summed E-state index contributed by atoms with van der Waals surface area (Å²) in [4.78, 5) is 14.3. The number of nitrogens with zero attached hydrogens (tertiary/aromatic N) is 2. The maximum absolute atomic E-state index is 10.6. The molecule has 0 aliphatic heterocycles. The van der Waals surface area contributed by atoms with E-state index in [4.69, 9.17) is 5.73 Å². The zero-order valence-electron chi connectivity index (χ0n) is 9.54. The quantitative estimate of drug-likeness (QED) is 0.635. The summed E-state index contributed by atoms with van der Waals surface area (Å²) >= 11 is 0. The molecule has 6 heteroatoms. The molecule has 92 valence electrons. The number of benzene rings is 1. The Hall–Kier alpha value is -2.63. The Morgan fingerprint density at radius 3 is 2.78 bits per heavy atom. The fraction of sp³-hybridized carbons (Fsp3) is 0.0833. The second-order valence-electron chi connectivity index (χ2n) is 3.73. The van der Waals surface area contributed by atoms with Crippen molar-refractivity contribution < 1.29 is 4.92 Å². The van der Waals surface area contributed by atoms with E-state index in [9.17, 15) is 10.1 Å². The first-order chi connectivity index (χ1) is 8.65. The molecular formula is C12H12N4O2. The topological polar surface area (TPSA) is 94.1 Å². The van der Waals surface area contributed by atoms with E-state index in [0.717, 1.165) is 5.56 Å². The van der Waals surface area contributed by atoms with Gasteiger partial charge < -0.3 is 11.1 Å². The maximum Gasteiger partial charge on any atom is 0.269 e. The number of aromatic nitrogens is 1. The second-order valence-corrected chi connectivity index (χ2v) is 3.73. The van der Waals surface area contributed by atoms with Gasteiger partial charge in [0.15, 0.2) is 0 Å². The summed E-state index contributed by atoms with van der Waals surface area (Å²) in [6.07, 6.45) is 0. The molecule has 0 fully saturated rings. The van der Waals surface area contributed by atoms with Crippen molar-refractivity contribution in [3.63, 3.8) is 0 Å². The molecule has 0 unspecified atom stereocenters. The molecule has 18 heavy (non-hydrogen) atoms. The number of nitrogens with one attached hydrogen (secondary N) is 1. The first-order valence-electron chi connectivity index (χ1n) is 5.35. The molecule has 2 rings (SSSR count). The van der Waals surface area contributed by atoms with E-state index in [1.54, 1.807) is 24.3 Å². The van der Waals surface area contributed by atoms with Gasteiger partial charge in [-0.1, -0.05) is 18.2 Å². The van der Waals surface area contributed by atoms with E-state index < -0.39 is 4.92 Å². The number of hydrogen-bond donors (Lipinski definition) is 2. The third-order valence-corrected chi connectivity index (χ3v) is 2.37. The van der Waals surface area contributed by atoms with Gasteiger partial charge in [0.25, 0.3) is 5.69 Å². The minimum absolute atomic E-state index is 0.0786. The van der Waals surface area contributed by atoms with E-state index in [2.05, 4.69) is 10.3 Å². The van der Waals surface area contributed by atoms with Gasteiger partial charge in [0.1, 0.15) is 11.6 Å². The Balaban J connectivity index is 2.06. The molecule has 3 N–H and O–H groups in total. The third kappa shape index (κ3) is 2.94. The van der Waals surface area contributed by atoms with Crippen molar-refractivity contribution in [2.75, 3.05) is 11.1 Å². The van der Waals surface area contributed by atoms with Gasteiger partial charge in [-0.2, -0.15) is 0 Å². The summed E-state index contributed by atoms with van der Waals surface area (Å²) < 4.78 is 0. The van der Waals surface area contributed by atoms with Crippen LogP contribution in [0.4, 0.5) is 17.3 Å². The number of nitro groups is 1. The normalized spacial score (nSPS) is 10.0. The smallest absolute Gasteiger partial charge is 0.269 e. The van der Waals surface area contributed by atoms with Crippen LogP contribution in [0.1, 0.15) is 5.56 Å². The molecule has 1 aromatic heterocycles.